The normalized spacial score (nSPS) is 10.4. The third kappa shape index (κ3) is 5.21. The Morgan fingerprint density at radius 3 is 2.43 bits per heavy atom. The molecule has 0 bridgehead atoms. The third-order valence-corrected chi connectivity index (χ3v) is 3.42. The average Bonchev–Trinajstić information content (AvgIpc) is 2.54. The molecule has 0 aliphatic rings. The van der Waals surface area contributed by atoms with Crippen LogP contribution in [-0.2, 0) is 16.1 Å². The molecular formula is C18H21N3O2. The molecule has 2 rings (SSSR count). The van der Waals surface area contributed by atoms with Crippen molar-refractivity contribution in [2.24, 2.45) is 0 Å². The number of carbonyl (C=O) groups excluding carboxylic acids is 2. The van der Waals surface area contributed by atoms with Crippen molar-refractivity contribution in [2.75, 3.05) is 5.32 Å². The molecule has 0 saturated carbocycles. The minimum atomic E-state index is -0.315. The van der Waals surface area contributed by atoms with Crippen molar-refractivity contribution in [3.63, 3.8) is 0 Å². The maximum Gasteiger partial charge on any atom is 0.233 e. The summed E-state index contributed by atoms with van der Waals surface area (Å²) < 4.78 is 0. The number of anilines is 1. The van der Waals surface area contributed by atoms with Crippen molar-refractivity contribution in [3.8, 4) is 0 Å². The molecule has 1 aromatic heterocycles. The van der Waals surface area contributed by atoms with Gasteiger partial charge in [-0.05, 0) is 35.2 Å². The topological polar surface area (TPSA) is 71.1 Å². The molecule has 120 valence electrons. The number of nitrogens with one attached hydrogen (secondary N) is 2. The summed E-state index contributed by atoms with van der Waals surface area (Å²) in [5.41, 5.74) is 2.76. The van der Waals surface area contributed by atoms with Crippen molar-refractivity contribution in [1.29, 1.82) is 0 Å². The molecule has 0 spiro atoms. The van der Waals surface area contributed by atoms with E-state index in [9.17, 15) is 9.59 Å². The molecule has 1 heterocycles. The number of amides is 2. The smallest absolute Gasteiger partial charge is 0.233 e. The molecule has 0 aliphatic heterocycles. The van der Waals surface area contributed by atoms with Crippen LogP contribution in [0.3, 0.4) is 0 Å². The van der Waals surface area contributed by atoms with E-state index in [1.807, 2.05) is 36.4 Å². The Morgan fingerprint density at radius 1 is 1.04 bits per heavy atom. The predicted octanol–water partition coefficient (Wildman–Crippen LogP) is 2.85. The SMILES string of the molecule is CC(C)c1ccccc1NC(=O)CC(=O)NCc1ccncc1. The molecular weight excluding hydrogens is 290 g/mol. The second kappa shape index (κ2) is 8.08. The number of para-hydroxylation sites is 1. The van der Waals surface area contributed by atoms with Crippen molar-refractivity contribution in [1.82, 2.24) is 10.3 Å². The van der Waals surface area contributed by atoms with Crippen LogP contribution in [0.5, 0.6) is 0 Å². The molecule has 0 atom stereocenters. The standard InChI is InChI=1S/C18H21N3O2/c1-13(2)15-5-3-4-6-16(15)21-18(23)11-17(22)20-12-14-7-9-19-10-8-14/h3-10,13H,11-12H2,1-2H3,(H,20,22)(H,21,23). The average molecular weight is 311 g/mol. The van der Waals surface area contributed by atoms with Gasteiger partial charge in [-0.1, -0.05) is 32.0 Å². The molecule has 0 fully saturated rings. The van der Waals surface area contributed by atoms with Crippen LogP contribution in [0.4, 0.5) is 5.69 Å². The number of carbonyl (C=O) groups is 2. The first-order chi connectivity index (χ1) is 11.1. The summed E-state index contributed by atoms with van der Waals surface area (Å²) in [6.45, 7) is 4.51. The molecule has 2 amide bonds. The number of benzene rings is 1. The Hall–Kier alpha value is -2.69. The molecule has 5 heteroatoms. The maximum atomic E-state index is 12.0. The summed E-state index contributed by atoms with van der Waals surface area (Å²) in [7, 11) is 0. The van der Waals surface area contributed by atoms with Gasteiger partial charge in [0.25, 0.3) is 0 Å². The summed E-state index contributed by atoms with van der Waals surface area (Å²) in [6.07, 6.45) is 3.13. The van der Waals surface area contributed by atoms with Gasteiger partial charge in [-0.3, -0.25) is 14.6 Å². The fourth-order valence-electron chi connectivity index (χ4n) is 2.22. The van der Waals surface area contributed by atoms with Crippen LogP contribution < -0.4 is 10.6 Å². The monoisotopic (exact) mass is 311 g/mol. The number of nitrogens with zero attached hydrogens (tertiary/aromatic N) is 1. The van der Waals surface area contributed by atoms with Gasteiger partial charge in [-0.15, -0.1) is 0 Å². The number of pyridine rings is 1. The number of hydrogen-bond acceptors (Lipinski definition) is 3. The van der Waals surface area contributed by atoms with Crippen LogP contribution in [0, 0.1) is 0 Å². The first-order valence-electron chi connectivity index (χ1n) is 7.60. The van der Waals surface area contributed by atoms with E-state index >= 15 is 0 Å². The van der Waals surface area contributed by atoms with Crippen molar-refractivity contribution >= 4 is 17.5 Å². The van der Waals surface area contributed by atoms with Crippen LogP contribution in [-0.4, -0.2) is 16.8 Å². The zero-order valence-electron chi connectivity index (χ0n) is 13.4. The van der Waals surface area contributed by atoms with Crippen LogP contribution >= 0.6 is 0 Å². The van der Waals surface area contributed by atoms with Gasteiger partial charge in [0, 0.05) is 24.6 Å². The number of hydrogen-bond donors (Lipinski definition) is 2. The molecule has 0 radical (unpaired) electrons. The second-order valence-electron chi connectivity index (χ2n) is 5.60. The van der Waals surface area contributed by atoms with E-state index in [1.165, 1.54) is 0 Å². The molecule has 5 nitrogen and oxygen atoms in total. The number of rotatable bonds is 6. The van der Waals surface area contributed by atoms with Gasteiger partial charge in [-0.2, -0.15) is 0 Å². The Morgan fingerprint density at radius 2 is 1.74 bits per heavy atom. The summed E-state index contributed by atoms with van der Waals surface area (Å²) in [4.78, 5) is 27.8. The summed E-state index contributed by atoms with van der Waals surface area (Å²) in [6, 6.07) is 11.3. The Balaban J connectivity index is 1.86. The zero-order chi connectivity index (χ0) is 16.7. The van der Waals surface area contributed by atoms with Gasteiger partial charge < -0.3 is 10.6 Å². The minimum absolute atomic E-state index is 0.197. The highest BCUT2D eigenvalue weighted by Crippen LogP contribution is 2.23. The summed E-state index contributed by atoms with van der Waals surface area (Å²) in [5, 5.41) is 5.54. The maximum absolute atomic E-state index is 12.0. The Bertz CT molecular complexity index is 669. The summed E-state index contributed by atoms with van der Waals surface area (Å²) in [5.74, 6) is -0.321. The molecule has 2 aromatic rings. The van der Waals surface area contributed by atoms with E-state index in [2.05, 4.69) is 29.5 Å². The fourth-order valence-corrected chi connectivity index (χ4v) is 2.22. The molecule has 0 unspecified atom stereocenters. The van der Waals surface area contributed by atoms with Gasteiger partial charge in [0.05, 0.1) is 0 Å². The van der Waals surface area contributed by atoms with Crippen LogP contribution in [0.15, 0.2) is 48.8 Å². The predicted molar refractivity (Wildman–Crippen MR) is 89.9 cm³/mol. The van der Waals surface area contributed by atoms with Gasteiger partial charge in [-0.25, -0.2) is 0 Å². The fraction of sp³-hybridized carbons (Fsp3) is 0.278. The second-order valence-corrected chi connectivity index (χ2v) is 5.60. The Labute approximate surface area is 136 Å². The molecule has 0 aliphatic carbocycles. The van der Waals surface area contributed by atoms with Crippen molar-refractivity contribution in [3.05, 3.63) is 59.9 Å². The van der Waals surface area contributed by atoms with E-state index < -0.39 is 0 Å². The highest BCUT2D eigenvalue weighted by molar-refractivity contribution is 6.03. The highest BCUT2D eigenvalue weighted by atomic mass is 16.2. The molecule has 23 heavy (non-hydrogen) atoms. The first-order valence-corrected chi connectivity index (χ1v) is 7.60. The summed E-state index contributed by atoms with van der Waals surface area (Å²) >= 11 is 0. The highest BCUT2D eigenvalue weighted by Gasteiger charge is 2.12. The largest absolute Gasteiger partial charge is 0.352 e. The lowest BCUT2D eigenvalue weighted by atomic mass is 10.0. The van der Waals surface area contributed by atoms with Crippen LogP contribution in [0.25, 0.3) is 0 Å². The van der Waals surface area contributed by atoms with Crippen LogP contribution in [0.2, 0.25) is 0 Å². The molecule has 0 saturated heterocycles. The third-order valence-electron chi connectivity index (χ3n) is 3.42. The van der Waals surface area contributed by atoms with Crippen LogP contribution in [0.1, 0.15) is 37.3 Å². The lowest BCUT2D eigenvalue weighted by Crippen LogP contribution is -2.28. The zero-order valence-corrected chi connectivity index (χ0v) is 13.4. The van der Waals surface area contributed by atoms with Gasteiger partial charge in [0.1, 0.15) is 6.42 Å². The number of aromatic nitrogens is 1. The van der Waals surface area contributed by atoms with Gasteiger partial charge in [0.15, 0.2) is 0 Å². The van der Waals surface area contributed by atoms with E-state index in [1.54, 1.807) is 12.4 Å². The van der Waals surface area contributed by atoms with E-state index in [0.29, 0.717) is 12.5 Å². The molecule has 1 aromatic carbocycles. The van der Waals surface area contributed by atoms with Gasteiger partial charge in [0.2, 0.25) is 11.8 Å². The van der Waals surface area contributed by atoms with Crippen molar-refractivity contribution < 1.29 is 9.59 Å². The van der Waals surface area contributed by atoms with E-state index in [4.69, 9.17) is 0 Å². The van der Waals surface area contributed by atoms with Crippen molar-refractivity contribution in [2.45, 2.75) is 32.7 Å². The first kappa shape index (κ1) is 16.7. The van der Waals surface area contributed by atoms with Gasteiger partial charge >= 0.3 is 0 Å². The van der Waals surface area contributed by atoms with E-state index in [0.717, 1.165) is 16.8 Å². The lowest BCUT2D eigenvalue weighted by molar-refractivity contribution is -0.126. The quantitative estimate of drug-likeness (QED) is 0.806. The minimum Gasteiger partial charge on any atom is -0.352 e. The molecule has 2 N–H and O–H groups in total. The Kier molecular flexibility index (Phi) is 5.86. The van der Waals surface area contributed by atoms with E-state index in [-0.39, 0.29) is 18.2 Å². The lowest BCUT2D eigenvalue weighted by Gasteiger charge is -2.13.